The van der Waals surface area contributed by atoms with Crippen LogP contribution in [0, 0.1) is 6.92 Å². The van der Waals surface area contributed by atoms with Crippen molar-refractivity contribution in [2.75, 3.05) is 5.32 Å². The second kappa shape index (κ2) is 5.99. The van der Waals surface area contributed by atoms with Gasteiger partial charge < -0.3 is 20.6 Å². The molecule has 0 radical (unpaired) electrons. The number of primary amides is 1. The molecular formula is C18H17N7O. The number of nitrogens with one attached hydrogen (secondary N) is 2. The van der Waals surface area contributed by atoms with Crippen molar-refractivity contribution in [2.45, 2.75) is 6.92 Å². The number of nitrogens with zero attached hydrogens (tertiary/aromatic N) is 4. The van der Waals surface area contributed by atoms with Gasteiger partial charge in [-0.1, -0.05) is 0 Å². The Balaban J connectivity index is 1.68. The first-order chi connectivity index (χ1) is 12.5. The third kappa shape index (κ3) is 2.88. The monoisotopic (exact) mass is 347 g/mol. The van der Waals surface area contributed by atoms with Crippen LogP contribution in [0.3, 0.4) is 0 Å². The summed E-state index contributed by atoms with van der Waals surface area (Å²) in [6.07, 6.45) is 5.31. The van der Waals surface area contributed by atoms with Crippen LogP contribution in [0.5, 0.6) is 0 Å². The molecule has 4 N–H and O–H groups in total. The van der Waals surface area contributed by atoms with E-state index in [4.69, 9.17) is 5.73 Å². The summed E-state index contributed by atoms with van der Waals surface area (Å²) in [7, 11) is 1.91. The summed E-state index contributed by atoms with van der Waals surface area (Å²) >= 11 is 0. The van der Waals surface area contributed by atoms with Crippen LogP contribution in [0.1, 0.15) is 16.1 Å². The van der Waals surface area contributed by atoms with Gasteiger partial charge in [0.05, 0.1) is 12.0 Å². The number of imidazole rings is 1. The summed E-state index contributed by atoms with van der Waals surface area (Å²) in [4.78, 5) is 27.5. The molecule has 0 aliphatic heterocycles. The van der Waals surface area contributed by atoms with E-state index in [2.05, 4.69) is 25.3 Å². The van der Waals surface area contributed by atoms with E-state index in [9.17, 15) is 4.79 Å². The van der Waals surface area contributed by atoms with Gasteiger partial charge in [0.25, 0.3) is 5.91 Å². The summed E-state index contributed by atoms with van der Waals surface area (Å²) in [5.41, 5.74) is 9.94. The fraction of sp³-hybridized carbons (Fsp3) is 0.111. The molecule has 26 heavy (non-hydrogen) atoms. The number of nitrogens with two attached hydrogens (primary N) is 1. The molecule has 0 saturated carbocycles. The minimum atomic E-state index is -0.485. The van der Waals surface area contributed by atoms with Crippen LogP contribution < -0.4 is 11.1 Å². The molecule has 0 saturated heterocycles. The summed E-state index contributed by atoms with van der Waals surface area (Å²) in [6.45, 7) is 1.96. The lowest BCUT2D eigenvalue weighted by Crippen LogP contribution is -2.10. The Bertz CT molecular complexity index is 1130. The molecular weight excluding hydrogens is 330 g/mol. The van der Waals surface area contributed by atoms with E-state index in [1.54, 1.807) is 18.6 Å². The predicted octanol–water partition coefficient (Wildman–Crippen LogP) is 2.51. The fourth-order valence-electron chi connectivity index (χ4n) is 2.87. The van der Waals surface area contributed by atoms with Gasteiger partial charge in [-0.05, 0) is 36.8 Å². The summed E-state index contributed by atoms with van der Waals surface area (Å²) in [5, 5.41) is 4.10. The number of anilines is 2. The number of amides is 1. The van der Waals surface area contributed by atoms with Gasteiger partial charge in [0.2, 0.25) is 5.95 Å². The minimum Gasteiger partial charge on any atom is -0.364 e. The van der Waals surface area contributed by atoms with Crippen molar-refractivity contribution in [3.63, 3.8) is 0 Å². The highest BCUT2D eigenvalue weighted by molar-refractivity contribution is 5.98. The lowest BCUT2D eigenvalue weighted by atomic mass is 10.1. The van der Waals surface area contributed by atoms with Crippen LogP contribution in [0.2, 0.25) is 0 Å². The second-order valence-electron chi connectivity index (χ2n) is 6.12. The van der Waals surface area contributed by atoms with Gasteiger partial charge in [0.15, 0.2) is 0 Å². The maximum Gasteiger partial charge on any atom is 0.265 e. The number of hydrogen-bond acceptors (Lipinski definition) is 5. The zero-order valence-electron chi connectivity index (χ0n) is 14.3. The number of benzene rings is 1. The van der Waals surface area contributed by atoms with Gasteiger partial charge in [-0.25, -0.2) is 15.0 Å². The molecule has 0 aliphatic rings. The van der Waals surface area contributed by atoms with Gasteiger partial charge in [0, 0.05) is 36.0 Å². The number of hydrogen-bond donors (Lipinski definition) is 3. The lowest BCUT2D eigenvalue weighted by Gasteiger charge is -2.07. The Morgan fingerprint density at radius 3 is 2.81 bits per heavy atom. The molecule has 0 atom stereocenters. The van der Waals surface area contributed by atoms with Gasteiger partial charge in [-0.15, -0.1) is 0 Å². The number of rotatable bonds is 4. The second-order valence-corrected chi connectivity index (χ2v) is 6.12. The van der Waals surface area contributed by atoms with Crippen LogP contribution >= 0.6 is 0 Å². The first-order valence-electron chi connectivity index (χ1n) is 8.01. The standard InChI is InChI=1S/C18H17N7O/c1-10-5-12(6-11-7-14(17(19)26)23-16(10)11)22-18-20-4-3-13(24-18)15-8-25(2)9-21-15/h3-9,23H,1-2H3,(H2,19,26)(H,20,22,24). The van der Waals surface area contributed by atoms with E-state index in [0.717, 1.165) is 33.5 Å². The highest BCUT2D eigenvalue weighted by atomic mass is 16.1. The van der Waals surface area contributed by atoms with Gasteiger partial charge in [-0.2, -0.15) is 0 Å². The normalized spacial score (nSPS) is 11.0. The van der Waals surface area contributed by atoms with Gasteiger partial charge in [-0.3, -0.25) is 4.79 Å². The van der Waals surface area contributed by atoms with E-state index < -0.39 is 5.91 Å². The summed E-state index contributed by atoms with van der Waals surface area (Å²) in [5.74, 6) is -0.0148. The molecule has 4 aromatic rings. The average molecular weight is 347 g/mol. The quantitative estimate of drug-likeness (QED) is 0.525. The van der Waals surface area contributed by atoms with E-state index >= 15 is 0 Å². The molecule has 0 spiro atoms. The van der Waals surface area contributed by atoms with Crippen LogP contribution in [0.25, 0.3) is 22.3 Å². The Hall–Kier alpha value is -3.68. The van der Waals surface area contributed by atoms with E-state index in [-0.39, 0.29) is 0 Å². The smallest absolute Gasteiger partial charge is 0.265 e. The van der Waals surface area contributed by atoms with Crippen molar-refractivity contribution in [1.82, 2.24) is 24.5 Å². The molecule has 0 fully saturated rings. The number of H-pyrrole nitrogens is 1. The zero-order valence-corrected chi connectivity index (χ0v) is 14.3. The van der Waals surface area contributed by atoms with E-state index in [1.165, 1.54) is 0 Å². The topological polar surface area (TPSA) is 115 Å². The highest BCUT2D eigenvalue weighted by Gasteiger charge is 2.10. The predicted molar refractivity (Wildman–Crippen MR) is 99.1 cm³/mol. The van der Waals surface area contributed by atoms with Crippen molar-refractivity contribution in [3.05, 3.63) is 54.2 Å². The third-order valence-corrected chi connectivity index (χ3v) is 4.07. The highest BCUT2D eigenvalue weighted by Crippen LogP contribution is 2.26. The maximum absolute atomic E-state index is 11.4. The molecule has 1 aromatic carbocycles. The van der Waals surface area contributed by atoms with E-state index in [1.807, 2.05) is 42.9 Å². The van der Waals surface area contributed by atoms with Crippen molar-refractivity contribution in [1.29, 1.82) is 0 Å². The van der Waals surface area contributed by atoms with E-state index in [0.29, 0.717) is 11.6 Å². The number of aryl methyl sites for hydroxylation is 2. The molecule has 3 heterocycles. The number of carbonyl (C=O) groups excluding carboxylic acids is 1. The molecule has 1 amide bonds. The van der Waals surface area contributed by atoms with Crippen LogP contribution in [-0.2, 0) is 7.05 Å². The van der Waals surface area contributed by atoms with Crippen molar-refractivity contribution in [3.8, 4) is 11.4 Å². The van der Waals surface area contributed by atoms with Crippen LogP contribution in [-0.4, -0.2) is 30.4 Å². The van der Waals surface area contributed by atoms with Crippen LogP contribution in [0.4, 0.5) is 11.6 Å². The number of fused-ring (bicyclic) bond motifs is 1. The average Bonchev–Trinajstić information content (AvgIpc) is 3.22. The summed E-state index contributed by atoms with van der Waals surface area (Å²) in [6, 6.07) is 7.43. The Kier molecular flexibility index (Phi) is 3.65. The SMILES string of the molecule is Cc1cc(Nc2nccc(-c3cn(C)cn3)n2)cc2cc(C(N)=O)[nH]c12. The van der Waals surface area contributed by atoms with Crippen molar-refractivity contribution in [2.24, 2.45) is 12.8 Å². The molecule has 0 bridgehead atoms. The Morgan fingerprint density at radius 2 is 2.08 bits per heavy atom. The first kappa shape index (κ1) is 15.8. The van der Waals surface area contributed by atoms with Gasteiger partial charge in [0.1, 0.15) is 11.4 Å². The molecule has 3 aromatic heterocycles. The number of aromatic amines is 1. The number of aromatic nitrogens is 5. The fourth-order valence-corrected chi connectivity index (χ4v) is 2.87. The lowest BCUT2D eigenvalue weighted by molar-refractivity contribution is 0.0996. The number of carbonyl (C=O) groups is 1. The van der Waals surface area contributed by atoms with Crippen LogP contribution in [0.15, 0.2) is 43.0 Å². The third-order valence-electron chi connectivity index (χ3n) is 4.07. The maximum atomic E-state index is 11.4. The first-order valence-corrected chi connectivity index (χ1v) is 8.01. The Labute approximate surface area is 149 Å². The molecule has 8 nitrogen and oxygen atoms in total. The summed E-state index contributed by atoms with van der Waals surface area (Å²) < 4.78 is 1.87. The molecule has 130 valence electrons. The van der Waals surface area contributed by atoms with Crippen molar-refractivity contribution >= 4 is 28.4 Å². The molecule has 0 aliphatic carbocycles. The minimum absolute atomic E-state index is 0.383. The Morgan fingerprint density at radius 1 is 1.23 bits per heavy atom. The van der Waals surface area contributed by atoms with Crippen molar-refractivity contribution < 1.29 is 4.79 Å². The van der Waals surface area contributed by atoms with Gasteiger partial charge >= 0.3 is 0 Å². The molecule has 0 unspecified atom stereocenters. The largest absolute Gasteiger partial charge is 0.364 e. The zero-order chi connectivity index (χ0) is 18.3. The molecule has 4 rings (SSSR count). The molecule has 8 heteroatoms.